The molecular weight excluding hydrogens is 504 g/mol. The Labute approximate surface area is 184 Å². The number of carbonyl (C=O) groups excluding carboxylic acids is 2. The van der Waals surface area contributed by atoms with E-state index in [1.807, 2.05) is 49.4 Å². The van der Waals surface area contributed by atoms with E-state index in [1.165, 1.54) is 0 Å². The van der Waals surface area contributed by atoms with Crippen LogP contribution in [0.25, 0.3) is 10.8 Å². The fourth-order valence-corrected chi connectivity index (χ4v) is 3.56. The van der Waals surface area contributed by atoms with Gasteiger partial charge in [0.15, 0.2) is 13.2 Å². The van der Waals surface area contributed by atoms with Gasteiger partial charge in [0.2, 0.25) is 0 Å². The fraction of sp³-hybridized carbons (Fsp3) is 0.143. The molecule has 2 N–H and O–H groups in total. The third-order valence-electron chi connectivity index (χ3n) is 4.03. The van der Waals surface area contributed by atoms with Gasteiger partial charge in [0.1, 0.15) is 11.5 Å². The Kier molecular flexibility index (Phi) is 7.11. The smallest absolute Gasteiger partial charge is 0.276 e. The summed E-state index contributed by atoms with van der Waals surface area (Å²) in [4.78, 5) is 23.8. The third-order valence-corrected chi connectivity index (χ3v) is 5.34. The summed E-state index contributed by atoms with van der Waals surface area (Å²) in [5.41, 5.74) is 5.52. The van der Waals surface area contributed by atoms with Gasteiger partial charge in [-0.15, -0.1) is 0 Å². The summed E-state index contributed by atoms with van der Waals surface area (Å²) in [6, 6.07) is 16.9. The lowest BCUT2D eigenvalue weighted by molar-refractivity contribution is -0.131. The van der Waals surface area contributed by atoms with E-state index in [0.717, 1.165) is 25.3 Å². The molecule has 29 heavy (non-hydrogen) atoms. The first-order chi connectivity index (χ1) is 13.9. The topological polar surface area (TPSA) is 76.7 Å². The molecule has 0 spiro atoms. The first-order valence-corrected chi connectivity index (χ1v) is 10.3. The van der Waals surface area contributed by atoms with Gasteiger partial charge < -0.3 is 9.47 Å². The molecule has 3 aromatic rings. The largest absolute Gasteiger partial charge is 0.483 e. The van der Waals surface area contributed by atoms with Crippen LogP contribution in [0.4, 0.5) is 0 Å². The molecule has 3 aromatic carbocycles. The van der Waals surface area contributed by atoms with E-state index in [0.29, 0.717) is 11.5 Å². The van der Waals surface area contributed by atoms with Crippen molar-refractivity contribution < 1.29 is 19.1 Å². The first kappa shape index (κ1) is 21.1. The molecule has 0 heterocycles. The summed E-state index contributed by atoms with van der Waals surface area (Å²) in [7, 11) is 0. The zero-order chi connectivity index (χ0) is 20.8. The number of hydrogen-bond acceptors (Lipinski definition) is 4. The lowest BCUT2D eigenvalue weighted by Gasteiger charge is -2.12. The van der Waals surface area contributed by atoms with Crippen LogP contribution in [-0.4, -0.2) is 25.0 Å². The second-order valence-corrected chi connectivity index (χ2v) is 7.89. The number of ether oxygens (including phenoxy) is 2. The monoisotopic (exact) mass is 520 g/mol. The van der Waals surface area contributed by atoms with E-state index in [1.54, 1.807) is 12.1 Å². The van der Waals surface area contributed by atoms with Crippen LogP contribution in [0.1, 0.15) is 5.56 Å². The van der Waals surface area contributed by atoms with Gasteiger partial charge in [-0.05, 0) is 63.5 Å². The third kappa shape index (κ3) is 5.71. The minimum Gasteiger partial charge on any atom is -0.483 e. The molecule has 0 saturated carbocycles. The summed E-state index contributed by atoms with van der Waals surface area (Å²) in [5, 5.41) is 2.00. The number of aryl methyl sites for hydroxylation is 1. The van der Waals surface area contributed by atoms with Crippen molar-refractivity contribution in [3.8, 4) is 11.5 Å². The fourth-order valence-electron chi connectivity index (χ4n) is 2.57. The highest BCUT2D eigenvalue weighted by Crippen LogP contribution is 2.34. The molecule has 3 rings (SSSR count). The highest BCUT2D eigenvalue weighted by Gasteiger charge is 2.10. The molecule has 0 fully saturated rings. The summed E-state index contributed by atoms with van der Waals surface area (Å²) < 4.78 is 12.7. The number of halogens is 2. The minimum absolute atomic E-state index is 0.211. The Morgan fingerprint density at radius 1 is 0.862 bits per heavy atom. The molecular formula is C21H18Br2N2O4. The summed E-state index contributed by atoms with van der Waals surface area (Å²) in [6.45, 7) is 1.42. The normalized spacial score (nSPS) is 10.4. The average molecular weight is 522 g/mol. The molecule has 0 unspecified atom stereocenters. The molecule has 0 saturated heterocycles. The van der Waals surface area contributed by atoms with Crippen molar-refractivity contribution in [1.82, 2.24) is 10.9 Å². The van der Waals surface area contributed by atoms with Gasteiger partial charge >= 0.3 is 0 Å². The maximum Gasteiger partial charge on any atom is 0.276 e. The van der Waals surface area contributed by atoms with Crippen LogP contribution in [-0.2, 0) is 9.59 Å². The van der Waals surface area contributed by atoms with Gasteiger partial charge in [-0.2, -0.15) is 0 Å². The van der Waals surface area contributed by atoms with Gasteiger partial charge in [0.25, 0.3) is 11.8 Å². The number of fused-ring (bicyclic) bond motifs is 1. The van der Waals surface area contributed by atoms with Gasteiger partial charge in [0, 0.05) is 4.47 Å². The number of nitrogens with one attached hydrogen (secondary N) is 2. The molecule has 0 aliphatic rings. The van der Waals surface area contributed by atoms with Gasteiger partial charge in [0.05, 0.1) is 4.47 Å². The molecule has 8 heteroatoms. The Morgan fingerprint density at radius 3 is 2.21 bits per heavy atom. The molecule has 0 aliphatic heterocycles. The number of carbonyl (C=O) groups is 2. The summed E-state index contributed by atoms with van der Waals surface area (Å²) in [5.74, 6) is 0.186. The van der Waals surface area contributed by atoms with E-state index in [9.17, 15) is 9.59 Å². The number of para-hydroxylation sites is 1. The van der Waals surface area contributed by atoms with Crippen LogP contribution in [0.2, 0.25) is 0 Å². The lowest BCUT2D eigenvalue weighted by atomic mass is 10.1. The summed E-state index contributed by atoms with van der Waals surface area (Å²) >= 11 is 6.95. The number of amides is 2. The Balaban J connectivity index is 1.47. The van der Waals surface area contributed by atoms with Crippen molar-refractivity contribution in [3.63, 3.8) is 0 Å². The zero-order valence-electron chi connectivity index (χ0n) is 15.5. The number of rotatable bonds is 6. The maximum absolute atomic E-state index is 12.0. The maximum atomic E-state index is 12.0. The van der Waals surface area contributed by atoms with Crippen LogP contribution >= 0.6 is 31.9 Å². The standard InChI is InChI=1S/C21H18Br2N2O4/c1-13-4-2-3-5-17(13)28-11-19(26)24-25-20(27)12-29-18-9-6-14-10-15(22)7-8-16(14)21(18)23/h2-10H,11-12H2,1H3,(H,24,26)(H,25,27). The molecule has 6 nitrogen and oxygen atoms in total. The van der Waals surface area contributed by atoms with Crippen LogP contribution in [0.15, 0.2) is 63.5 Å². The number of benzene rings is 3. The number of hydrazine groups is 1. The van der Waals surface area contributed by atoms with Gasteiger partial charge in [-0.3, -0.25) is 20.4 Å². The molecule has 0 radical (unpaired) electrons. The quantitative estimate of drug-likeness (QED) is 0.475. The Bertz CT molecular complexity index is 1060. The molecule has 150 valence electrons. The van der Waals surface area contributed by atoms with Gasteiger partial charge in [-0.25, -0.2) is 0 Å². The van der Waals surface area contributed by atoms with E-state index < -0.39 is 11.8 Å². The highest BCUT2D eigenvalue weighted by atomic mass is 79.9. The second-order valence-electron chi connectivity index (χ2n) is 6.18. The van der Waals surface area contributed by atoms with Crippen molar-refractivity contribution in [2.75, 3.05) is 13.2 Å². The molecule has 2 amide bonds. The van der Waals surface area contributed by atoms with Gasteiger partial charge in [-0.1, -0.05) is 46.3 Å². The van der Waals surface area contributed by atoms with Crippen molar-refractivity contribution >= 4 is 54.4 Å². The SMILES string of the molecule is Cc1ccccc1OCC(=O)NNC(=O)COc1ccc2cc(Br)ccc2c1Br. The zero-order valence-corrected chi connectivity index (χ0v) is 18.7. The lowest BCUT2D eigenvalue weighted by Crippen LogP contribution is -2.45. The molecule has 0 atom stereocenters. The van der Waals surface area contributed by atoms with E-state index in [4.69, 9.17) is 9.47 Å². The number of hydrogen-bond donors (Lipinski definition) is 2. The highest BCUT2D eigenvalue weighted by molar-refractivity contribution is 9.11. The van der Waals surface area contributed by atoms with Crippen LogP contribution in [0, 0.1) is 6.92 Å². The van der Waals surface area contributed by atoms with E-state index >= 15 is 0 Å². The van der Waals surface area contributed by atoms with Crippen molar-refractivity contribution in [2.24, 2.45) is 0 Å². The first-order valence-electron chi connectivity index (χ1n) is 8.70. The van der Waals surface area contributed by atoms with Crippen LogP contribution < -0.4 is 20.3 Å². The summed E-state index contributed by atoms with van der Waals surface area (Å²) in [6.07, 6.45) is 0. The van der Waals surface area contributed by atoms with Crippen molar-refractivity contribution in [2.45, 2.75) is 6.92 Å². The predicted octanol–water partition coefficient (Wildman–Crippen LogP) is 4.28. The van der Waals surface area contributed by atoms with Crippen molar-refractivity contribution in [1.29, 1.82) is 0 Å². The Hall–Kier alpha value is -2.58. The van der Waals surface area contributed by atoms with Crippen molar-refractivity contribution in [3.05, 3.63) is 69.1 Å². The van der Waals surface area contributed by atoms with Crippen LogP contribution in [0.5, 0.6) is 11.5 Å². The van der Waals surface area contributed by atoms with Crippen LogP contribution in [0.3, 0.4) is 0 Å². The minimum atomic E-state index is -0.489. The molecule has 0 bridgehead atoms. The molecule has 0 aliphatic carbocycles. The molecule has 0 aromatic heterocycles. The van der Waals surface area contributed by atoms with E-state index in [2.05, 4.69) is 42.7 Å². The second kappa shape index (κ2) is 9.76. The van der Waals surface area contributed by atoms with E-state index in [-0.39, 0.29) is 13.2 Å². The predicted molar refractivity (Wildman–Crippen MR) is 118 cm³/mol. The average Bonchev–Trinajstić information content (AvgIpc) is 2.71. The Morgan fingerprint density at radius 2 is 1.52 bits per heavy atom.